The summed E-state index contributed by atoms with van der Waals surface area (Å²) in [7, 11) is 1.57. The Hall–Kier alpha value is -2.04. The number of methoxy groups -OCH3 is 1. The van der Waals surface area contributed by atoms with Gasteiger partial charge in [0, 0.05) is 18.0 Å². The first-order valence-corrected chi connectivity index (χ1v) is 7.79. The van der Waals surface area contributed by atoms with Crippen LogP contribution in [0.2, 0.25) is 5.02 Å². The predicted octanol–water partition coefficient (Wildman–Crippen LogP) is 3.13. The second-order valence-corrected chi connectivity index (χ2v) is 5.66. The van der Waals surface area contributed by atoms with Crippen LogP contribution in [0, 0.1) is 0 Å². The molecule has 0 spiro atoms. The first-order valence-electron chi connectivity index (χ1n) is 7.41. The third-order valence-electron chi connectivity index (χ3n) is 3.50. The lowest BCUT2D eigenvalue weighted by Gasteiger charge is -2.13. The standard InChI is InChI=1S/C18H20ClNO3/c1-23-16-7-3-5-14(11-16)17(21)12-20-18(22)9-8-13-4-2-6-15(19)10-13/h2-7,10-11,17,21H,8-9,12H2,1H3,(H,20,22). The van der Waals surface area contributed by atoms with Crippen molar-refractivity contribution < 1.29 is 14.6 Å². The van der Waals surface area contributed by atoms with Crippen molar-refractivity contribution in [2.75, 3.05) is 13.7 Å². The van der Waals surface area contributed by atoms with Gasteiger partial charge in [0.1, 0.15) is 5.75 Å². The fraction of sp³-hybridized carbons (Fsp3) is 0.278. The third kappa shape index (κ3) is 5.58. The van der Waals surface area contributed by atoms with Crippen molar-refractivity contribution >= 4 is 17.5 Å². The molecule has 0 saturated heterocycles. The molecule has 0 fully saturated rings. The van der Waals surface area contributed by atoms with Crippen LogP contribution in [0.4, 0.5) is 0 Å². The van der Waals surface area contributed by atoms with E-state index in [-0.39, 0.29) is 12.5 Å². The minimum atomic E-state index is -0.764. The van der Waals surface area contributed by atoms with Crippen LogP contribution in [0.15, 0.2) is 48.5 Å². The first kappa shape index (κ1) is 17.3. The Kier molecular flexibility index (Phi) is 6.44. The molecule has 4 nitrogen and oxygen atoms in total. The topological polar surface area (TPSA) is 58.6 Å². The molecule has 23 heavy (non-hydrogen) atoms. The molecule has 2 aromatic carbocycles. The van der Waals surface area contributed by atoms with Gasteiger partial charge in [0.15, 0.2) is 0 Å². The number of halogens is 1. The van der Waals surface area contributed by atoms with Gasteiger partial charge in [0.25, 0.3) is 0 Å². The minimum Gasteiger partial charge on any atom is -0.497 e. The molecule has 0 heterocycles. The highest BCUT2D eigenvalue weighted by atomic mass is 35.5. The number of hydrogen-bond acceptors (Lipinski definition) is 3. The second-order valence-electron chi connectivity index (χ2n) is 5.23. The quantitative estimate of drug-likeness (QED) is 0.818. The molecule has 2 N–H and O–H groups in total. The summed E-state index contributed by atoms with van der Waals surface area (Å²) in [6, 6.07) is 14.6. The van der Waals surface area contributed by atoms with Gasteiger partial charge in [0.2, 0.25) is 5.91 Å². The molecule has 1 atom stereocenters. The van der Waals surface area contributed by atoms with Crippen LogP contribution >= 0.6 is 11.6 Å². The van der Waals surface area contributed by atoms with E-state index in [4.69, 9.17) is 16.3 Å². The summed E-state index contributed by atoms with van der Waals surface area (Å²) in [5.74, 6) is 0.570. The zero-order valence-electron chi connectivity index (χ0n) is 13.0. The molecular weight excluding hydrogens is 314 g/mol. The monoisotopic (exact) mass is 333 g/mol. The summed E-state index contributed by atoms with van der Waals surface area (Å²) in [5, 5.41) is 13.5. The number of aliphatic hydroxyl groups excluding tert-OH is 1. The highest BCUT2D eigenvalue weighted by Crippen LogP contribution is 2.18. The number of amides is 1. The van der Waals surface area contributed by atoms with Gasteiger partial charge in [-0.25, -0.2) is 0 Å². The zero-order chi connectivity index (χ0) is 16.7. The number of ether oxygens (including phenoxy) is 1. The van der Waals surface area contributed by atoms with Crippen molar-refractivity contribution in [3.05, 3.63) is 64.7 Å². The third-order valence-corrected chi connectivity index (χ3v) is 3.74. The Labute approximate surface area is 141 Å². The van der Waals surface area contributed by atoms with Crippen molar-refractivity contribution in [2.45, 2.75) is 18.9 Å². The average Bonchev–Trinajstić information content (AvgIpc) is 2.58. The molecule has 0 aliphatic heterocycles. The molecule has 0 aromatic heterocycles. The average molecular weight is 334 g/mol. The van der Waals surface area contributed by atoms with E-state index in [1.54, 1.807) is 37.4 Å². The number of carbonyl (C=O) groups excluding carboxylic acids is 1. The highest BCUT2D eigenvalue weighted by Gasteiger charge is 2.10. The van der Waals surface area contributed by atoms with Gasteiger partial charge in [-0.2, -0.15) is 0 Å². The van der Waals surface area contributed by atoms with E-state index in [0.717, 1.165) is 5.56 Å². The van der Waals surface area contributed by atoms with E-state index in [1.165, 1.54) is 0 Å². The van der Waals surface area contributed by atoms with Gasteiger partial charge < -0.3 is 15.2 Å². The lowest BCUT2D eigenvalue weighted by Crippen LogP contribution is -2.28. The van der Waals surface area contributed by atoms with Crippen molar-refractivity contribution in [1.82, 2.24) is 5.32 Å². The summed E-state index contributed by atoms with van der Waals surface area (Å²) in [6.45, 7) is 0.168. The number of rotatable bonds is 7. The van der Waals surface area contributed by atoms with E-state index in [1.807, 2.05) is 18.2 Å². The largest absolute Gasteiger partial charge is 0.497 e. The molecule has 5 heteroatoms. The van der Waals surface area contributed by atoms with Crippen LogP contribution in [0.3, 0.4) is 0 Å². The van der Waals surface area contributed by atoms with Crippen molar-refractivity contribution in [2.24, 2.45) is 0 Å². The molecule has 1 unspecified atom stereocenters. The molecule has 0 radical (unpaired) electrons. The molecular formula is C18H20ClNO3. The van der Waals surface area contributed by atoms with E-state index in [9.17, 15) is 9.90 Å². The molecule has 0 saturated carbocycles. The van der Waals surface area contributed by atoms with Gasteiger partial charge in [-0.1, -0.05) is 35.9 Å². The lowest BCUT2D eigenvalue weighted by molar-refractivity contribution is -0.121. The number of aliphatic hydroxyl groups is 1. The minimum absolute atomic E-state index is 0.105. The van der Waals surface area contributed by atoms with Gasteiger partial charge in [0.05, 0.1) is 13.2 Å². The molecule has 2 rings (SSSR count). The van der Waals surface area contributed by atoms with Crippen LogP contribution < -0.4 is 10.1 Å². The molecule has 1 amide bonds. The van der Waals surface area contributed by atoms with E-state index in [0.29, 0.717) is 29.2 Å². The predicted molar refractivity (Wildman–Crippen MR) is 90.7 cm³/mol. The van der Waals surface area contributed by atoms with Gasteiger partial charge in [-0.05, 0) is 41.8 Å². The fourth-order valence-electron chi connectivity index (χ4n) is 2.22. The Morgan fingerprint density at radius 2 is 2.04 bits per heavy atom. The van der Waals surface area contributed by atoms with Gasteiger partial charge in [-0.15, -0.1) is 0 Å². The van der Waals surface area contributed by atoms with Crippen LogP contribution in [0.1, 0.15) is 23.7 Å². The van der Waals surface area contributed by atoms with E-state index >= 15 is 0 Å². The summed E-state index contributed by atoms with van der Waals surface area (Å²) in [4.78, 5) is 11.9. The zero-order valence-corrected chi connectivity index (χ0v) is 13.7. The van der Waals surface area contributed by atoms with E-state index in [2.05, 4.69) is 5.32 Å². The Bertz CT molecular complexity index is 660. The maximum absolute atomic E-state index is 11.9. The van der Waals surface area contributed by atoms with Crippen LogP contribution in [-0.2, 0) is 11.2 Å². The fourth-order valence-corrected chi connectivity index (χ4v) is 2.43. The number of carbonyl (C=O) groups is 1. The number of aryl methyl sites for hydroxylation is 1. The number of benzene rings is 2. The maximum atomic E-state index is 11.9. The van der Waals surface area contributed by atoms with Crippen LogP contribution in [-0.4, -0.2) is 24.7 Å². The van der Waals surface area contributed by atoms with Crippen LogP contribution in [0.25, 0.3) is 0 Å². The molecule has 122 valence electrons. The summed E-state index contributed by atoms with van der Waals surface area (Å²) < 4.78 is 5.12. The smallest absolute Gasteiger partial charge is 0.220 e. The SMILES string of the molecule is COc1cccc(C(O)CNC(=O)CCc2cccc(Cl)c2)c1. The normalized spacial score (nSPS) is 11.8. The van der Waals surface area contributed by atoms with Gasteiger partial charge in [-0.3, -0.25) is 4.79 Å². The Balaban J connectivity index is 1.79. The maximum Gasteiger partial charge on any atom is 0.220 e. The number of nitrogens with one attached hydrogen (secondary N) is 1. The van der Waals surface area contributed by atoms with Crippen molar-refractivity contribution in [3.63, 3.8) is 0 Å². The van der Waals surface area contributed by atoms with Crippen LogP contribution in [0.5, 0.6) is 5.75 Å². The molecule has 0 aliphatic rings. The Morgan fingerprint density at radius 3 is 2.78 bits per heavy atom. The second kappa shape index (κ2) is 8.56. The molecule has 2 aromatic rings. The number of hydrogen-bond donors (Lipinski definition) is 2. The Morgan fingerprint density at radius 1 is 1.26 bits per heavy atom. The summed E-state index contributed by atoms with van der Waals surface area (Å²) in [5.41, 5.74) is 1.72. The molecule has 0 bridgehead atoms. The first-order chi connectivity index (χ1) is 11.1. The lowest BCUT2D eigenvalue weighted by atomic mass is 10.1. The highest BCUT2D eigenvalue weighted by molar-refractivity contribution is 6.30. The summed E-state index contributed by atoms with van der Waals surface area (Å²) in [6.07, 6.45) is 0.201. The summed E-state index contributed by atoms with van der Waals surface area (Å²) >= 11 is 5.91. The van der Waals surface area contributed by atoms with Crippen molar-refractivity contribution in [1.29, 1.82) is 0 Å². The van der Waals surface area contributed by atoms with E-state index < -0.39 is 6.10 Å². The molecule has 0 aliphatic carbocycles. The van der Waals surface area contributed by atoms with Crippen molar-refractivity contribution in [3.8, 4) is 5.75 Å². The van der Waals surface area contributed by atoms with Gasteiger partial charge >= 0.3 is 0 Å².